The van der Waals surface area contributed by atoms with E-state index >= 15 is 0 Å². The predicted molar refractivity (Wildman–Crippen MR) is 165 cm³/mol. The van der Waals surface area contributed by atoms with Crippen molar-refractivity contribution in [1.82, 2.24) is 14.9 Å². The summed E-state index contributed by atoms with van der Waals surface area (Å²) in [5.74, 6) is 1.30. The van der Waals surface area contributed by atoms with Crippen molar-refractivity contribution < 1.29 is 0 Å². The minimum absolute atomic E-state index is 0.126. The number of halogens is 1. The molecular formula is C32H34ClN5S. The van der Waals surface area contributed by atoms with Crippen LogP contribution in [0.4, 0.5) is 11.4 Å². The number of aromatic nitrogens is 2. The van der Waals surface area contributed by atoms with Crippen molar-refractivity contribution in [2.45, 2.75) is 39.3 Å². The molecule has 200 valence electrons. The lowest BCUT2D eigenvalue weighted by Gasteiger charge is -2.37. The van der Waals surface area contributed by atoms with Gasteiger partial charge in [-0.2, -0.15) is 0 Å². The second-order valence-electron chi connectivity index (χ2n) is 11.1. The number of aryl methyl sites for hydroxylation is 1. The number of hydrogen-bond acceptors (Lipinski definition) is 3. The first-order valence-electron chi connectivity index (χ1n) is 13.7. The number of hydrogen-bond donors (Lipinski definition) is 1. The van der Waals surface area contributed by atoms with E-state index in [4.69, 9.17) is 28.8 Å². The normalized spacial score (nSPS) is 23.2. The van der Waals surface area contributed by atoms with Crippen LogP contribution >= 0.6 is 23.8 Å². The molecule has 4 aromatic rings. The van der Waals surface area contributed by atoms with Gasteiger partial charge in [-0.05, 0) is 91.5 Å². The molecule has 2 aliphatic rings. The third-order valence-electron chi connectivity index (χ3n) is 7.98. The van der Waals surface area contributed by atoms with E-state index in [1.807, 2.05) is 18.3 Å². The van der Waals surface area contributed by atoms with Gasteiger partial charge in [0.1, 0.15) is 6.04 Å². The molecule has 6 rings (SSSR count). The summed E-state index contributed by atoms with van der Waals surface area (Å²) < 4.78 is 2.27. The Balaban J connectivity index is 1.43. The number of pyridine rings is 1. The summed E-state index contributed by atoms with van der Waals surface area (Å²) in [7, 11) is 0. The summed E-state index contributed by atoms with van der Waals surface area (Å²) >= 11 is 13.0. The molecule has 39 heavy (non-hydrogen) atoms. The molecule has 5 nitrogen and oxygen atoms in total. The minimum Gasteiger partial charge on any atom is -0.370 e. The number of nitrogens with one attached hydrogen (secondary N) is 1. The average Bonchev–Trinajstić information content (AvgIpc) is 3.53. The fourth-order valence-electron chi connectivity index (χ4n) is 6.38. The van der Waals surface area contributed by atoms with Crippen molar-refractivity contribution in [3.63, 3.8) is 0 Å². The zero-order chi connectivity index (χ0) is 27.1. The lowest BCUT2D eigenvalue weighted by atomic mass is 9.91. The largest absolute Gasteiger partial charge is 0.370 e. The monoisotopic (exact) mass is 555 g/mol. The molecule has 0 amide bonds. The molecule has 2 aromatic heterocycles. The zero-order valence-corrected chi connectivity index (χ0v) is 24.2. The van der Waals surface area contributed by atoms with Crippen LogP contribution in [0.1, 0.15) is 49.3 Å². The molecule has 1 N–H and O–H groups in total. The number of nitrogens with zero attached hydrogens (tertiary/aromatic N) is 4. The van der Waals surface area contributed by atoms with Crippen LogP contribution in [0.25, 0.3) is 5.69 Å². The van der Waals surface area contributed by atoms with Crippen LogP contribution in [-0.2, 0) is 0 Å². The molecule has 0 radical (unpaired) electrons. The number of benzene rings is 2. The zero-order valence-electron chi connectivity index (χ0n) is 22.6. The summed E-state index contributed by atoms with van der Waals surface area (Å²) in [6.45, 7) is 8.85. The molecule has 0 bridgehead atoms. The van der Waals surface area contributed by atoms with Gasteiger partial charge in [0.2, 0.25) is 0 Å². The fraction of sp³-hybridized carbons (Fsp3) is 0.312. The van der Waals surface area contributed by atoms with Crippen LogP contribution < -0.4 is 15.1 Å². The van der Waals surface area contributed by atoms with Crippen molar-refractivity contribution in [3.8, 4) is 5.69 Å². The first-order chi connectivity index (χ1) is 18.9. The standard InChI is InChI=1S/C32H34ClN5S/c1-21-17-22(2)20-36(19-21)28-14-13-24(18-25(28)33)38-31(30(35-32(38)39)26-10-6-7-15-34-26)29-12-8-16-37(29)27-11-5-4-9-23(27)3/h4-16,18,21-22,30-31H,17,19-20H2,1-3H3,(H,35,39)/t21-,22+,30-,31-/m0/s1. The Morgan fingerprint density at radius 2 is 1.69 bits per heavy atom. The first-order valence-corrected chi connectivity index (χ1v) is 14.5. The number of piperidine rings is 1. The Labute approximate surface area is 241 Å². The minimum atomic E-state index is -0.126. The van der Waals surface area contributed by atoms with Crippen LogP contribution in [0.2, 0.25) is 5.02 Å². The summed E-state index contributed by atoms with van der Waals surface area (Å²) in [6.07, 6.45) is 5.23. The van der Waals surface area contributed by atoms with E-state index in [1.54, 1.807) is 0 Å². The maximum atomic E-state index is 7.01. The Bertz CT molecular complexity index is 1470. The maximum Gasteiger partial charge on any atom is 0.174 e. The van der Waals surface area contributed by atoms with E-state index < -0.39 is 0 Å². The van der Waals surface area contributed by atoms with Gasteiger partial charge in [-0.1, -0.05) is 49.7 Å². The highest BCUT2D eigenvalue weighted by molar-refractivity contribution is 7.80. The molecule has 2 aromatic carbocycles. The lowest BCUT2D eigenvalue weighted by molar-refractivity contribution is 0.357. The highest BCUT2D eigenvalue weighted by atomic mass is 35.5. The van der Waals surface area contributed by atoms with Gasteiger partial charge in [-0.15, -0.1) is 0 Å². The number of anilines is 2. The van der Waals surface area contributed by atoms with Gasteiger partial charge in [0, 0.05) is 42.6 Å². The molecule has 4 atom stereocenters. The maximum absolute atomic E-state index is 7.01. The van der Waals surface area contributed by atoms with E-state index in [9.17, 15) is 0 Å². The van der Waals surface area contributed by atoms with E-state index in [2.05, 4.69) is 107 Å². The average molecular weight is 556 g/mol. The van der Waals surface area contributed by atoms with Gasteiger partial charge in [-0.25, -0.2) is 0 Å². The van der Waals surface area contributed by atoms with E-state index in [0.717, 1.165) is 46.6 Å². The first kappa shape index (κ1) is 25.9. The second-order valence-corrected chi connectivity index (χ2v) is 11.9. The van der Waals surface area contributed by atoms with Gasteiger partial charge in [0.25, 0.3) is 0 Å². The van der Waals surface area contributed by atoms with Crippen LogP contribution in [0.5, 0.6) is 0 Å². The van der Waals surface area contributed by atoms with E-state index in [1.165, 1.54) is 12.0 Å². The Kier molecular flexibility index (Phi) is 7.08. The van der Waals surface area contributed by atoms with Crippen molar-refractivity contribution >= 4 is 40.3 Å². The highest BCUT2D eigenvalue weighted by Gasteiger charge is 2.42. The third-order valence-corrected chi connectivity index (χ3v) is 8.59. The van der Waals surface area contributed by atoms with Crippen LogP contribution in [0.3, 0.4) is 0 Å². The van der Waals surface area contributed by atoms with Gasteiger partial charge < -0.3 is 19.7 Å². The second kappa shape index (κ2) is 10.7. The summed E-state index contributed by atoms with van der Waals surface area (Å²) in [5.41, 5.74) is 6.51. The van der Waals surface area contributed by atoms with Gasteiger partial charge in [0.05, 0.1) is 22.4 Å². The molecule has 2 saturated heterocycles. The smallest absolute Gasteiger partial charge is 0.174 e. The highest BCUT2D eigenvalue weighted by Crippen LogP contribution is 2.44. The molecule has 0 unspecified atom stereocenters. The third kappa shape index (κ3) is 4.92. The van der Waals surface area contributed by atoms with E-state index in [-0.39, 0.29) is 12.1 Å². The molecular weight excluding hydrogens is 522 g/mol. The molecule has 7 heteroatoms. The van der Waals surface area contributed by atoms with Crippen molar-refractivity contribution in [3.05, 3.63) is 107 Å². The SMILES string of the molecule is Cc1ccccc1-n1cccc1[C@H]1[C@H](c2ccccn2)NC(=S)N1c1ccc(N2C[C@H](C)C[C@H](C)C2)c(Cl)c1. The van der Waals surface area contributed by atoms with Crippen LogP contribution in [-0.4, -0.2) is 27.8 Å². The molecule has 4 heterocycles. The molecule has 2 fully saturated rings. The quantitative estimate of drug-likeness (QED) is 0.258. The Morgan fingerprint density at radius 3 is 2.41 bits per heavy atom. The topological polar surface area (TPSA) is 36.3 Å². The lowest BCUT2D eigenvalue weighted by Crippen LogP contribution is -2.38. The molecule has 2 aliphatic heterocycles. The molecule has 0 spiro atoms. The van der Waals surface area contributed by atoms with Gasteiger partial charge in [-0.3, -0.25) is 4.98 Å². The van der Waals surface area contributed by atoms with Crippen LogP contribution in [0, 0.1) is 18.8 Å². The Hall–Kier alpha value is -3.35. The van der Waals surface area contributed by atoms with Crippen molar-refractivity contribution in [2.75, 3.05) is 22.9 Å². The number of thiocarbonyl (C=S) groups is 1. The molecule has 0 aliphatic carbocycles. The van der Waals surface area contributed by atoms with Crippen LogP contribution in [0.15, 0.2) is 85.2 Å². The van der Waals surface area contributed by atoms with E-state index in [0.29, 0.717) is 16.9 Å². The summed E-state index contributed by atoms with van der Waals surface area (Å²) in [6, 6.07) is 24.9. The van der Waals surface area contributed by atoms with Gasteiger partial charge in [0.15, 0.2) is 5.11 Å². The Morgan fingerprint density at radius 1 is 0.923 bits per heavy atom. The fourth-order valence-corrected chi connectivity index (χ4v) is 7.02. The number of para-hydroxylation sites is 1. The summed E-state index contributed by atoms with van der Waals surface area (Å²) in [5, 5.41) is 5.01. The van der Waals surface area contributed by atoms with Crippen molar-refractivity contribution in [1.29, 1.82) is 0 Å². The summed E-state index contributed by atoms with van der Waals surface area (Å²) in [4.78, 5) is 9.36. The molecule has 0 saturated carbocycles. The van der Waals surface area contributed by atoms with Crippen molar-refractivity contribution in [2.24, 2.45) is 11.8 Å². The van der Waals surface area contributed by atoms with Gasteiger partial charge >= 0.3 is 0 Å². The predicted octanol–water partition coefficient (Wildman–Crippen LogP) is 7.49. The number of rotatable bonds is 5.